The van der Waals surface area contributed by atoms with E-state index < -0.39 is 0 Å². The number of nitrogens with zero attached hydrogens (tertiary/aromatic N) is 3. The van der Waals surface area contributed by atoms with Crippen molar-refractivity contribution in [2.24, 2.45) is 0 Å². The lowest BCUT2D eigenvalue weighted by Crippen LogP contribution is -2.23. The van der Waals surface area contributed by atoms with Gasteiger partial charge in [0.25, 0.3) is 5.56 Å². The molecule has 1 N–H and O–H groups in total. The summed E-state index contributed by atoms with van der Waals surface area (Å²) in [5.74, 6) is 2.21. The summed E-state index contributed by atoms with van der Waals surface area (Å²) in [6.45, 7) is 1.79. The number of nitriles is 1. The average molecular weight is 288 g/mol. The van der Waals surface area contributed by atoms with E-state index in [1.807, 2.05) is 36.4 Å². The van der Waals surface area contributed by atoms with E-state index in [0.717, 1.165) is 5.56 Å². The molecule has 106 valence electrons. The Morgan fingerprint density at radius 2 is 2.09 bits per heavy atom. The maximum atomic E-state index is 12.7. The van der Waals surface area contributed by atoms with E-state index in [4.69, 9.17) is 11.7 Å². The molecule has 0 spiro atoms. The van der Waals surface area contributed by atoms with Gasteiger partial charge < -0.3 is 4.98 Å². The van der Waals surface area contributed by atoms with Crippen LogP contribution < -0.4 is 5.56 Å². The zero-order valence-corrected chi connectivity index (χ0v) is 11.9. The van der Waals surface area contributed by atoms with E-state index >= 15 is 0 Å². The van der Waals surface area contributed by atoms with Crippen molar-refractivity contribution >= 4 is 5.65 Å². The maximum Gasteiger partial charge on any atom is 0.279 e. The van der Waals surface area contributed by atoms with Crippen molar-refractivity contribution in [3.8, 4) is 29.7 Å². The first-order valence-corrected chi connectivity index (χ1v) is 6.73. The lowest BCUT2D eigenvalue weighted by atomic mass is 9.97. The summed E-state index contributed by atoms with van der Waals surface area (Å²) in [5.41, 5.74) is 2.31. The summed E-state index contributed by atoms with van der Waals surface area (Å²) < 4.78 is 1.19. The number of hydrogen-bond donors (Lipinski definition) is 1. The molecule has 0 fully saturated rings. The molecule has 22 heavy (non-hydrogen) atoms. The van der Waals surface area contributed by atoms with Gasteiger partial charge in [-0.25, -0.2) is 0 Å². The van der Waals surface area contributed by atoms with Crippen LogP contribution in [0.25, 0.3) is 16.9 Å². The Morgan fingerprint density at radius 1 is 1.36 bits per heavy atom. The van der Waals surface area contributed by atoms with Gasteiger partial charge in [0.15, 0.2) is 5.65 Å². The smallest absolute Gasteiger partial charge is 0.279 e. The molecule has 5 nitrogen and oxygen atoms in total. The molecule has 2 heterocycles. The van der Waals surface area contributed by atoms with Crippen molar-refractivity contribution < 1.29 is 0 Å². The molecule has 5 heteroatoms. The Hall–Kier alpha value is -3.31. The molecule has 1 atom stereocenters. The van der Waals surface area contributed by atoms with Crippen LogP contribution in [-0.2, 0) is 0 Å². The van der Waals surface area contributed by atoms with Gasteiger partial charge in [0.05, 0.1) is 17.5 Å². The van der Waals surface area contributed by atoms with Crippen molar-refractivity contribution in [3.63, 3.8) is 0 Å². The van der Waals surface area contributed by atoms with Gasteiger partial charge in [-0.05, 0) is 12.5 Å². The third-order valence-corrected chi connectivity index (χ3v) is 3.57. The zero-order chi connectivity index (χ0) is 15.7. The quantitative estimate of drug-likeness (QED) is 0.735. The molecule has 3 aromatic rings. The first-order valence-electron chi connectivity index (χ1n) is 6.73. The van der Waals surface area contributed by atoms with Gasteiger partial charge in [-0.2, -0.15) is 14.9 Å². The summed E-state index contributed by atoms with van der Waals surface area (Å²) >= 11 is 0. The average Bonchev–Trinajstić information content (AvgIpc) is 2.98. The van der Waals surface area contributed by atoms with Crippen LogP contribution in [0.1, 0.15) is 24.0 Å². The topological polar surface area (TPSA) is 73.9 Å². The van der Waals surface area contributed by atoms with Crippen LogP contribution in [-0.4, -0.2) is 14.6 Å². The van der Waals surface area contributed by atoms with Crippen LogP contribution in [0.5, 0.6) is 0 Å². The predicted octanol–water partition coefficient (Wildman–Crippen LogP) is 2.30. The number of H-pyrrole nitrogens is 1. The van der Waals surface area contributed by atoms with E-state index in [-0.39, 0.29) is 11.5 Å². The second kappa shape index (κ2) is 5.23. The van der Waals surface area contributed by atoms with Gasteiger partial charge in [-0.3, -0.25) is 4.79 Å². The minimum Gasteiger partial charge on any atom is -0.338 e. The standard InChI is InChI=1S/C17H12N4O/c1-3-11(2)14-15(12-7-5-4-6-8-12)20-16-13(9-18)10-19-21(16)17(14)22/h1,4-8,10-11,20H,2H3. The lowest BCUT2D eigenvalue weighted by Gasteiger charge is -2.12. The monoisotopic (exact) mass is 288 g/mol. The normalized spacial score (nSPS) is 11.8. The Bertz CT molecular complexity index is 984. The van der Waals surface area contributed by atoms with Crippen molar-refractivity contribution in [2.75, 3.05) is 0 Å². The highest BCUT2D eigenvalue weighted by Gasteiger charge is 2.20. The van der Waals surface area contributed by atoms with Gasteiger partial charge in [0.2, 0.25) is 0 Å². The molecule has 0 aliphatic rings. The zero-order valence-electron chi connectivity index (χ0n) is 11.9. The van der Waals surface area contributed by atoms with E-state index in [0.29, 0.717) is 22.5 Å². The third kappa shape index (κ3) is 1.97. The first kappa shape index (κ1) is 13.7. The summed E-state index contributed by atoms with van der Waals surface area (Å²) in [7, 11) is 0. The van der Waals surface area contributed by atoms with Crippen LogP contribution in [0.3, 0.4) is 0 Å². The number of hydrogen-bond acceptors (Lipinski definition) is 3. The van der Waals surface area contributed by atoms with Crippen molar-refractivity contribution in [1.82, 2.24) is 14.6 Å². The Morgan fingerprint density at radius 3 is 2.73 bits per heavy atom. The van der Waals surface area contributed by atoms with Crippen LogP contribution in [0.15, 0.2) is 41.3 Å². The third-order valence-electron chi connectivity index (χ3n) is 3.57. The van der Waals surface area contributed by atoms with Gasteiger partial charge in [-0.1, -0.05) is 36.3 Å². The number of fused-ring (bicyclic) bond motifs is 1. The second-order valence-corrected chi connectivity index (χ2v) is 4.90. The number of benzene rings is 1. The molecule has 0 saturated carbocycles. The van der Waals surface area contributed by atoms with E-state index in [2.05, 4.69) is 16.0 Å². The fraction of sp³-hybridized carbons (Fsp3) is 0.118. The highest BCUT2D eigenvalue weighted by molar-refractivity contribution is 5.68. The minimum atomic E-state index is -0.377. The van der Waals surface area contributed by atoms with Crippen LogP contribution >= 0.6 is 0 Å². The van der Waals surface area contributed by atoms with Crippen LogP contribution in [0, 0.1) is 23.7 Å². The van der Waals surface area contributed by atoms with Crippen molar-refractivity contribution in [2.45, 2.75) is 12.8 Å². The molecule has 0 aliphatic carbocycles. The summed E-state index contributed by atoms with van der Waals surface area (Å²) in [6.07, 6.45) is 6.88. The number of aromatic amines is 1. The van der Waals surface area contributed by atoms with Gasteiger partial charge in [0, 0.05) is 5.92 Å². The predicted molar refractivity (Wildman–Crippen MR) is 83.2 cm³/mol. The van der Waals surface area contributed by atoms with E-state index in [1.54, 1.807) is 6.92 Å². The van der Waals surface area contributed by atoms with Gasteiger partial charge >= 0.3 is 0 Å². The summed E-state index contributed by atoms with van der Waals surface area (Å²) in [4.78, 5) is 15.9. The fourth-order valence-corrected chi connectivity index (χ4v) is 2.43. The SMILES string of the molecule is C#CC(C)c1c(-c2ccccc2)[nH]c2c(C#N)cnn2c1=O. The molecular formula is C17H12N4O. The molecule has 0 bridgehead atoms. The van der Waals surface area contributed by atoms with Crippen molar-refractivity contribution in [1.29, 1.82) is 5.26 Å². The Kier molecular flexibility index (Phi) is 3.25. The largest absolute Gasteiger partial charge is 0.338 e. The van der Waals surface area contributed by atoms with Gasteiger partial charge in [-0.15, -0.1) is 6.42 Å². The lowest BCUT2D eigenvalue weighted by molar-refractivity contribution is 0.849. The molecule has 2 aromatic heterocycles. The molecule has 0 amide bonds. The summed E-state index contributed by atoms with van der Waals surface area (Å²) in [6, 6.07) is 11.4. The molecule has 1 aromatic carbocycles. The second-order valence-electron chi connectivity index (χ2n) is 4.90. The Labute approximate surface area is 126 Å². The molecule has 1 unspecified atom stereocenters. The number of nitrogens with one attached hydrogen (secondary N) is 1. The minimum absolute atomic E-state index is 0.306. The van der Waals surface area contributed by atoms with E-state index in [1.165, 1.54) is 10.7 Å². The number of terminal acetylenes is 1. The van der Waals surface area contributed by atoms with E-state index in [9.17, 15) is 4.79 Å². The molecule has 0 aliphatic heterocycles. The molecule has 3 rings (SSSR count). The first-order chi connectivity index (χ1) is 10.7. The number of aromatic nitrogens is 3. The highest BCUT2D eigenvalue weighted by Crippen LogP contribution is 2.25. The highest BCUT2D eigenvalue weighted by atomic mass is 16.1. The Balaban J connectivity index is 2.46. The fourth-order valence-electron chi connectivity index (χ4n) is 2.43. The van der Waals surface area contributed by atoms with Gasteiger partial charge in [0.1, 0.15) is 11.6 Å². The molecular weight excluding hydrogens is 276 g/mol. The number of rotatable bonds is 2. The maximum absolute atomic E-state index is 12.7. The summed E-state index contributed by atoms with van der Waals surface area (Å²) in [5, 5.41) is 13.1. The van der Waals surface area contributed by atoms with Crippen LogP contribution in [0.2, 0.25) is 0 Å². The molecule has 0 radical (unpaired) electrons. The van der Waals surface area contributed by atoms with Crippen LogP contribution in [0.4, 0.5) is 0 Å². The molecule has 0 saturated heterocycles. The van der Waals surface area contributed by atoms with Crippen molar-refractivity contribution in [3.05, 3.63) is 58.0 Å².